The molecule has 0 aromatic carbocycles. The van der Waals surface area contributed by atoms with Gasteiger partial charge in [-0.15, -0.1) is 11.3 Å². The zero-order chi connectivity index (χ0) is 27.0. The van der Waals surface area contributed by atoms with Crippen molar-refractivity contribution in [2.24, 2.45) is 0 Å². The molecule has 4 rings (SSSR count). The molecule has 2 aromatic heterocycles. The lowest BCUT2D eigenvalue weighted by molar-refractivity contribution is -0.148. The van der Waals surface area contributed by atoms with Crippen LogP contribution < -0.4 is 5.32 Å². The van der Waals surface area contributed by atoms with Crippen molar-refractivity contribution in [3.05, 3.63) is 34.5 Å². The molecule has 0 unspecified atom stereocenters. The summed E-state index contributed by atoms with van der Waals surface area (Å²) in [5, 5.41) is 12.9. The minimum atomic E-state index is -4.73. The van der Waals surface area contributed by atoms with Crippen LogP contribution in [0.1, 0.15) is 36.2 Å². The highest BCUT2D eigenvalue weighted by atomic mass is 32.1. The van der Waals surface area contributed by atoms with E-state index in [1.54, 1.807) is 17.5 Å². The molecule has 1 saturated heterocycles. The highest BCUT2D eigenvalue weighted by molar-refractivity contribution is 7.13. The fourth-order valence-electron chi connectivity index (χ4n) is 4.40. The molecule has 4 heterocycles. The number of likely N-dealkylation sites (tertiary alicyclic amines) is 1. The van der Waals surface area contributed by atoms with E-state index in [9.17, 15) is 36.3 Å². The Hall–Kier alpha value is -3.36. The van der Waals surface area contributed by atoms with Gasteiger partial charge in [0.1, 0.15) is 0 Å². The van der Waals surface area contributed by atoms with E-state index in [4.69, 9.17) is 5.11 Å². The van der Waals surface area contributed by atoms with Crippen LogP contribution in [0.4, 0.5) is 26.7 Å². The van der Waals surface area contributed by atoms with Crippen LogP contribution in [0.25, 0.3) is 10.7 Å². The summed E-state index contributed by atoms with van der Waals surface area (Å²) in [4.78, 5) is 46.8. The van der Waals surface area contributed by atoms with Crippen LogP contribution in [0, 0.1) is 0 Å². The van der Waals surface area contributed by atoms with Gasteiger partial charge in [0, 0.05) is 37.9 Å². The lowest BCUT2D eigenvalue weighted by Gasteiger charge is -2.35. The monoisotopic (exact) mass is 547 g/mol. The van der Waals surface area contributed by atoms with Gasteiger partial charge in [0.05, 0.1) is 29.7 Å². The van der Waals surface area contributed by atoms with E-state index in [2.05, 4.69) is 15.3 Å². The largest absolute Gasteiger partial charge is 0.465 e. The summed E-state index contributed by atoms with van der Waals surface area (Å²) in [7, 11) is 0. The van der Waals surface area contributed by atoms with Crippen LogP contribution in [0.3, 0.4) is 0 Å². The molecule has 2 N–H and O–H groups in total. The number of fused-ring (bicyclic) bond motifs is 1. The van der Waals surface area contributed by atoms with E-state index in [1.165, 1.54) is 4.90 Å². The molecule has 200 valence electrons. The lowest BCUT2D eigenvalue weighted by Crippen LogP contribution is -2.53. The van der Waals surface area contributed by atoms with Crippen molar-refractivity contribution in [2.75, 3.05) is 19.6 Å². The first kappa shape index (κ1) is 26.7. The molecule has 15 heteroatoms. The Balaban J connectivity index is 1.53. The standard InChI is InChI=1S/C22H22F5N5O4S/c23-21(24)5-3-16(33)32(11-21)9-12(28-20(35)36)8-17(34)31-6-4-13-14(10-31)29-19(15-2-1-7-37-15)30-18(13)22(25,26)27/h1-2,7,12,28H,3-6,8-11H2,(H,35,36)/t12-/m0/s1. The van der Waals surface area contributed by atoms with Gasteiger partial charge in [-0.3, -0.25) is 9.59 Å². The van der Waals surface area contributed by atoms with Gasteiger partial charge in [0.25, 0.3) is 5.92 Å². The Morgan fingerprint density at radius 3 is 2.65 bits per heavy atom. The second-order valence-electron chi connectivity index (χ2n) is 8.84. The van der Waals surface area contributed by atoms with Gasteiger partial charge in [0.15, 0.2) is 11.5 Å². The Kier molecular flexibility index (Phi) is 7.35. The number of hydrogen-bond donors (Lipinski definition) is 2. The van der Waals surface area contributed by atoms with Gasteiger partial charge in [-0.25, -0.2) is 23.5 Å². The number of nitrogens with one attached hydrogen (secondary N) is 1. The van der Waals surface area contributed by atoms with Crippen LogP contribution in [0.5, 0.6) is 0 Å². The van der Waals surface area contributed by atoms with Gasteiger partial charge in [-0.1, -0.05) is 6.07 Å². The third kappa shape index (κ3) is 6.32. The number of thiophene rings is 1. The third-order valence-corrected chi connectivity index (χ3v) is 6.96. The predicted octanol–water partition coefficient (Wildman–Crippen LogP) is 3.39. The van der Waals surface area contributed by atoms with Crippen molar-refractivity contribution >= 4 is 29.2 Å². The van der Waals surface area contributed by atoms with E-state index < -0.39 is 74.1 Å². The molecule has 2 aromatic rings. The maximum absolute atomic E-state index is 13.8. The van der Waals surface area contributed by atoms with Gasteiger partial charge in [-0.2, -0.15) is 13.2 Å². The van der Waals surface area contributed by atoms with Crippen LogP contribution in [0.15, 0.2) is 17.5 Å². The number of amides is 3. The molecule has 1 atom stereocenters. The van der Waals surface area contributed by atoms with E-state index >= 15 is 0 Å². The molecule has 2 aliphatic heterocycles. The minimum absolute atomic E-state index is 0.0268. The number of piperidine rings is 1. The van der Waals surface area contributed by atoms with Crippen LogP contribution in [-0.2, 0) is 28.7 Å². The number of halogens is 5. The van der Waals surface area contributed by atoms with Gasteiger partial charge in [0.2, 0.25) is 11.8 Å². The number of carbonyl (C=O) groups is 3. The van der Waals surface area contributed by atoms with Crippen LogP contribution in [0.2, 0.25) is 0 Å². The summed E-state index contributed by atoms with van der Waals surface area (Å²) in [6.07, 6.45) is -7.91. The predicted molar refractivity (Wildman–Crippen MR) is 120 cm³/mol. The summed E-state index contributed by atoms with van der Waals surface area (Å²) >= 11 is 1.16. The lowest BCUT2D eigenvalue weighted by atomic mass is 10.0. The topological polar surface area (TPSA) is 116 Å². The Morgan fingerprint density at radius 2 is 2.00 bits per heavy atom. The maximum atomic E-state index is 13.8. The minimum Gasteiger partial charge on any atom is -0.465 e. The third-order valence-electron chi connectivity index (χ3n) is 6.10. The zero-order valence-electron chi connectivity index (χ0n) is 19.2. The average Bonchev–Trinajstić information content (AvgIpc) is 3.34. The SMILES string of the molecule is O=C(O)N[C@@H](CC(=O)N1CCc2c(nc(-c3cccs3)nc2C(F)(F)F)C1)CN1CC(F)(F)CCC1=O. The number of carbonyl (C=O) groups excluding carboxylic acids is 2. The van der Waals surface area contributed by atoms with Crippen molar-refractivity contribution in [3.63, 3.8) is 0 Å². The second-order valence-corrected chi connectivity index (χ2v) is 9.79. The van der Waals surface area contributed by atoms with Gasteiger partial charge >= 0.3 is 12.3 Å². The highest BCUT2D eigenvalue weighted by Crippen LogP contribution is 2.36. The smallest absolute Gasteiger partial charge is 0.433 e. The molecule has 2 aliphatic rings. The van der Waals surface area contributed by atoms with Crippen molar-refractivity contribution in [1.82, 2.24) is 25.1 Å². The molecule has 9 nitrogen and oxygen atoms in total. The molecule has 0 radical (unpaired) electrons. The number of nitrogens with zero attached hydrogens (tertiary/aromatic N) is 4. The second kappa shape index (κ2) is 10.2. The number of aromatic nitrogens is 2. The zero-order valence-corrected chi connectivity index (χ0v) is 20.0. The van der Waals surface area contributed by atoms with Gasteiger partial charge in [-0.05, 0) is 17.9 Å². The molecule has 0 aliphatic carbocycles. The number of rotatable bonds is 6. The molecule has 3 amide bonds. The highest BCUT2D eigenvalue weighted by Gasteiger charge is 2.41. The van der Waals surface area contributed by atoms with Crippen molar-refractivity contribution in [3.8, 4) is 10.7 Å². The van der Waals surface area contributed by atoms with Crippen molar-refractivity contribution in [2.45, 2.75) is 50.4 Å². The molecule has 0 spiro atoms. The Labute approximate surface area is 211 Å². The fourth-order valence-corrected chi connectivity index (χ4v) is 5.05. The van der Waals surface area contributed by atoms with Crippen LogP contribution in [-0.4, -0.2) is 74.4 Å². The van der Waals surface area contributed by atoms with Crippen LogP contribution >= 0.6 is 11.3 Å². The first-order valence-electron chi connectivity index (χ1n) is 11.3. The summed E-state index contributed by atoms with van der Waals surface area (Å²) in [5.74, 6) is -4.45. The van der Waals surface area contributed by atoms with E-state index in [0.29, 0.717) is 4.88 Å². The summed E-state index contributed by atoms with van der Waals surface area (Å²) in [6.45, 7) is -1.70. The van der Waals surface area contributed by atoms with Crippen molar-refractivity contribution < 1.29 is 41.4 Å². The summed E-state index contributed by atoms with van der Waals surface area (Å²) in [5.41, 5.74) is -1.15. The quantitative estimate of drug-likeness (QED) is 0.536. The normalized spacial score (nSPS) is 18.4. The number of alkyl halides is 5. The van der Waals surface area contributed by atoms with Gasteiger partial charge < -0.3 is 20.2 Å². The van der Waals surface area contributed by atoms with E-state index in [0.717, 1.165) is 16.2 Å². The molecule has 0 saturated carbocycles. The Bertz CT molecular complexity index is 1190. The number of carboxylic acid groups (broad SMARTS) is 1. The fraction of sp³-hybridized carbons (Fsp3) is 0.500. The first-order chi connectivity index (χ1) is 17.3. The molecular weight excluding hydrogens is 525 g/mol. The van der Waals surface area contributed by atoms with E-state index in [1.807, 2.05) is 0 Å². The molecule has 37 heavy (non-hydrogen) atoms. The first-order valence-corrected chi connectivity index (χ1v) is 12.1. The van der Waals surface area contributed by atoms with Crippen molar-refractivity contribution in [1.29, 1.82) is 0 Å². The Morgan fingerprint density at radius 1 is 1.24 bits per heavy atom. The maximum Gasteiger partial charge on any atom is 0.433 e. The molecule has 0 bridgehead atoms. The summed E-state index contributed by atoms with van der Waals surface area (Å²) in [6, 6.07) is 2.03. The van der Waals surface area contributed by atoms with E-state index in [-0.39, 0.29) is 36.6 Å². The molecule has 1 fully saturated rings. The summed E-state index contributed by atoms with van der Waals surface area (Å²) < 4.78 is 68.8. The average molecular weight is 548 g/mol. The molecular formula is C22H22F5N5O4S. The number of hydrogen-bond acceptors (Lipinski definition) is 6.